The number of benzene rings is 2. The van der Waals surface area contributed by atoms with E-state index in [1.165, 1.54) is 27.8 Å². The van der Waals surface area contributed by atoms with Crippen molar-refractivity contribution in [2.24, 2.45) is 0 Å². The van der Waals surface area contributed by atoms with Crippen LogP contribution in [-0.2, 0) is 6.54 Å². The molecule has 1 aliphatic heterocycles. The average Bonchev–Trinajstić information content (AvgIpc) is 2.85. The molecule has 2 aromatic carbocycles. The molecular weight excluding hydrogens is 456 g/mol. The lowest BCUT2D eigenvalue weighted by Crippen LogP contribution is -2.44. The first kappa shape index (κ1) is 24.5. The van der Waals surface area contributed by atoms with Crippen molar-refractivity contribution in [3.8, 4) is 11.3 Å². The van der Waals surface area contributed by atoms with Gasteiger partial charge in [0.1, 0.15) is 0 Å². The number of amides is 1. The van der Waals surface area contributed by atoms with Crippen molar-refractivity contribution in [3.05, 3.63) is 82.1 Å². The van der Waals surface area contributed by atoms with Gasteiger partial charge in [-0.3, -0.25) is 9.69 Å². The van der Waals surface area contributed by atoms with Gasteiger partial charge in [-0.1, -0.05) is 12.1 Å². The summed E-state index contributed by atoms with van der Waals surface area (Å²) in [6.07, 6.45) is -0.341. The Kier molecular flexibility index (Phi) is 7.84. The Hall–Kier alpha value is -3.63. The molecule has 1 fully saturated rings. The molecule has 0 aliphatic carbocycles. The number of hydrogen-bond acceptors (Lipinski definition) is 5. The van der Waals surface area contributed by atoms with E-state index in [0.29, 0.717) is 35.5 Å². The Labute approximate surface area is 201 Å². The SMILES string of the molecule is O=C(O)N(CCCN1CCNCC1)c1cccc(Cn2nc(-c3ccc(F)c(F)c3)ccc2=O)c1. The van der Waals surface area contributed by atoms with E-state index in [2.05, 4.69) is 15.3 Å². The normalized spacial score (nSPS) is 14.1. The summed E-state index contributed by atoms with van der Waals surface area (Å²) in [7, 11) is 0. The highest BCUT2D eigenvalue weighted by atomic mass is 19.2. The molecule has 1 aromatic heterocycles. The summed E-state index contributed by atoms with van der Waals surface area (Å²) in [5.41, 5.74) is 1.49. The van der Waals surface area contributed by atoms with Crippen molar-refractivity contribution in [2.45, 2.75) is 13.0 Å². The molecule has 0 unspecified atom stereocenters. The van der Waals surface area contributed by atoms with E-state index < -0.39 is 17.7 Å². The van der Waals surface area contributed by atoms with E-state index in [4.69, 9.17) is 0 Å². The average molecular weight is 484 g/mol. The van der Waals surface area contributed by atoms with Crippen LogP contribution in [0.3, 0.4) is 0 Å². The molecule has 4 rings (SSSR count). The van der Waals surface area contributed by atoms with Crippen LogP contribution in [0.1, 0.15) is 12.0 Å². The topological polar surface area (TPSA) is 90.7 Å². The summed E-state index contributed by atoms with van der Waals surface area (Å²) in [5.74, 6) is -1.96. The number of anilines is 1. The lowest BCUT2D eigenvalue weighted by atomic mass is 10.1. The molecule has 10 heteroatoms. The first-order chi connectivity index (χ1) is 16.9. The van der Waals surface area contributed by atoms with Crippen molar-refractivity contribution >= 4 is 11.8 Å². The number of nitrogens with one attached hydrogen (secondary N) is 1. The van der Waals surface area contributed by atoms with Gasteiger partial charge in [0, 0.05) is 50.0 Å². The third-order valence-corrected chi connectivity index (χ3v) is 5.93. The zero-order chi connectivity index (χ0) is 24.8. The summed E-state index contributed by atoms with van der Waals surface area (Å²) in [4.78, 5) is 28.0. The third-order valence-electron chi connectivity index (χ3n) is 5.93. The first-order valence-corrected chi connectivity index (χ1v) is 11.5. The number of nitrogens with zero attached hydrogens (tertiary/aromatic N) is 4. The van der Waals surface area contributed by atoms with Gasteiger partial charge < -0.3 is 15.3 Å². The van der Waals surface area contributed by atoms with Gasteiger partial charge in [-0.05, 0) is 54.9 Å². The van der Waals surface area contributed by atoms with Crippen LogP contribution in [-0.4, -0.2) is 65.1 Å². The molecule has 35 heavy (non-hydrogen) atoms. The molecule has 0 saturated carbocycles. The summed E-state index contributed by atoms with van der Waals surface area (Å²) in [6.45, 7) is 5.05. The maximum Gasteiger partial charge on any atom is 0.411 e. The van der Waals surface area contributed by atoms with Crippen LogP contribution in [0.4, 0.5) is 19.3 Å². The lowest BCUT2D eigenvalue weighted by molar-refractivity contribution is 0.200. The van der Waals surface area contributed by atoms with Crippen molar-refractivity contribution in [2.75, 3.05) is 44.2 Å². The molecule has 0 radical (unpaired) electrons. The molecule has 184 valence electrons. The second kappa shape index (κ2) is 11.2. The zero-order valence-corrected chi connectivity index (χ0v) is 19.2. The highest BCUT2D eigenvalue weighted by molar-refractivity contribution is 5.86. The van der Waals surface area contributed by atoms with Crippen LogP contribution in [0.15, 0.2) is 59.4 Å². The number of halogens is 2. The van der Waals surface area contributed by atoms with E-state index in [1.54, 1.807) is 24.3 Å². The minimum atomic E-state index is -1.04. The van der Waals surface area contributed by atoms with Gasteiger partial charge in [0.25, 0.3) is 5.56 Å². The van der Waals surface area contributed by atoms with Gasteiger partial charge in [-0.15, -0.1) is 0 Å². The molecule has 0 bridgehead atoms. The van der Waals surface area contributed by atoms with Crippen LogP contribution >= 0.6 is 0 Å². The van der Waals surface area contributed by atoms with E-state index in [9.17, 15) is 23.5 Å². The lowest BCUT2D eigenvalue weighted by Gasteiger charge is -2.28. The van der Waals surface area contributed by atoms with Crippen molar-refractivity contribution < 1.29 is 18.7 Å². The molecule has 1 amide bonds. The van der Waals surface area contributed by atoms with Crippen molar-refractivity contribution in [3.63, 3.8) is 0 Å². The highest BCUT2D eigenvalue weighted by Gasteiger charge is 2.16. The molecule has 0 spiro atoms. The van der Waals surface area contributed by atoms with Gasteiger partial charge in [-0.25, -0.2) is 18.3 Å². The number of aromatic nitrogens is 2. The van der Waals surface area contributed by atoms with E-state index in [-0.39, 0.29) is 12.1 Å². The largest absolute Gasteiger partial charge is 0.465 e. The smallest absolute Gasteiger partial charge is 0.411 e. The molecule has 1 aliphatic rings. The fraction of sp³-hybridized carbons (Fsp3) is 0.320. The quantitative estimate of drug-likeness (QED) is 0.512. The molecule has 1 saturated heterocycles. The Morgan fingerprint density at radius 3 is 2.60 bits per heavy atom. The van der Waals surface area contributed by atoms with Crippen LogP contribution in [0, 0.1) is 11.6 Å². The predicted molar refractivity (Wildman–Crippen MR) is 129 cm³/mol. The maximum absolute atomic E-state index is 13.6. The summed E-state index contributed by atoms with van der Waals surface area (Å²) >= 11 is 0. The van der Waals surface area contributed by atoms with Gasteiger partial charge >= 0.3 is 6.09 Å². The van der Waals surface area contributed by atoms with Gasteiger partial charge in [0.2, 0.25) is 0 Å². The molecule has 0 atom stereocenters. The van der Waals surface area contributed by atoms with Crippen LogP contribution in [0.5, 0.6) is 0 Å². The summed E-state index contributed by atoms with van der Waals surface area (Å²) in [5, 5.41) is 17.4. The Morgan fingerprint density at radius 2 is 1.86 bits per heavy atom. The van der Waals surface area contributed by atoms with Crippen LogP contribution < -0.4 is 15.8 Å². The number of carbonyl (C=O) groups is 1. The van der Waals surface area contributed by atoms with Crippen LogP contribution in [0.25, 0.3) is 11.3 Å². The van der Waals surface area contributed by atoms with Gasteiger partial charge in [-0.2, -0.15) is 5.10 Å². The molecule has 2 heterocycles. The number of rotatable bonds is 8. The predicted octanol–water partition coefficient (Wildman–Crippen LogP) is 3.02. The second-order valence-electron chi connectivity index (χ2n) is 8.39. The fourth-order valence-electron chi connectivity index (χ4n) is 4.09. The second-order valence-corrected chi connectivity index (χ2v) is 8.39. The third kappa shape index (κ3) is 6.28. The monoisotopic (exact) mass is 483 g/mol. The van der Waals surface area contributed by atoms with E-state index >= 15 is 0 Å². The minimum absolute atomic E-state index is 0.0957. The van der Waals surface area contributed by atoms with Gasteiger partial charge in [0.15, 0.2) is 11.6 Å². The number of hydrogen-bond donors (Lipinski definition) is 2. The van der Waals surface area contributed by atoms with E-state index in [0.717, 1.165) is 44.9 Å². The molecule has 3 aromatic rings. The fourth-order valence-corrected chi connectivity index (χ4v) is 4.09. The summed E-state index contributed by atoms with van der Waals surface area (Å²) < 4.78 is 28.1. The van der Waals surface area contributed by atoms with Gasteiger partial charge in [0.05, 0.1) is 12.2 Å². The highest BCUT2D eigenvalue weighted by Crippen LogP contribution is 2.20. The molecular formula is C25H27F2N5O3. The maximum atomic E-state index is 13.6. The first-order valence-electron chi connectivity index (χ1n) is 11.5. The Morgan fingerprint density at radius 1 is 1.06 bits per heavy atom. The number of carboxylic acid groups (broad SMARTS) is 1. The van der Waals surface area contributed by atoms with Crippen molar-refractivity contribution in [1.29, 1.82) is 0 Å². The minimum Gasteiger partial charge on any atom is -0.465 e. The Balaban J connectivity index is 1.49. The number of piperazine rings is 1. The zero-order valence-electron chi connectivity index (χ0n) is 19.2. The molecule has 2 N–H and O–H groups in total. The standard InChI is InChI=1S/C25H27F2N5O3/c26-21-6-5-19(16-22(21)27)23-7-8-24(33)32(29-23)17-18-3-1-4-20(15-18)31(25(34)35)12-2-11-30-13-9-28-10-14-30/h1,3-8,15-16,28H,2,9-14,17H2,(H,34,35). The summed E-state index contributed by atoms with van der Waals surface area (Å²) in [6, 6.07) is 13.1. The Bertz CT molecular complexity index is 1240. The van der Waals surface area contributed by atoms with Crippen molar-refractivity contribution in [1.82, 2.24) is 20.0 Å². The van der Waals surface area contributed by atoms with Crippen LogP contribution in [0.2, 0.25) is 0 Å². The van der Waals surface area contributed by atoms with E-state index in [1.807, 2.05) is 0 Å². The molecule has 8 nitrogen and oxygen atoms in total.